The number of nitrogens with zero attached hydrogens (tertiary/aromatic N) is 4. The van der Waals surface area contributed by atoms with Crippen molar-refractivity contribution in [1.82, 2.24) is 19.5 Å². The fourth-order valence-electron chi connectivity index (χ4n) is 7.03. The van der Waals surface area contributed by atoms with Crippen molar-refractivity contribution >= 4 is 54.5 Å². The summed E-state index contributed by atoms with van der Waals surface area (Å²) in [7, 11) is 0. The molecule has 0 N–H and O–H groups in total. The zero-order chi connectivity index (χ0) is 31.6. The van der Waals surface area contributed by atoms with Gasteiger partial charge in [0.05, 0.1) is 27.7 Å². The molecule has 0 saturated heterocycles. The van der Waals surface area contributed by atoms with Gasteiger partial charge in [-0.2, -0.15) is 0 Å². The third kappa shape index (κ3) is 4.08. The van der Waals surface area contributed by atoms with Gasteiger partial charge in [0.25, 0.3) is 0 Å². The first kappa shape index (κ1) is 26.6. The molecule has 3 heterocycles. The van der Waals surface area contributed by atoms with E-state index in [0.717, 1.165) is 60.7 Å². The standard InChI is InChI=1S/C43H26N4O/c1-2-13-28(14-3-1)41-44-42(30-23-22-27-12-4-5-15-29(27)26-30)46-43(45-41)34-24-25-37(39-33-18-8-11-21-38(33)48-40(34)39)47-35-19-9-6-16-31(35)32-17-7-10-20-36(32)47/h1-26H. The molecule has 0 aliphatic heterocycles. The normalized spacial score (nSPS) is 11.8. The average Bonchev–Trinajstić information content (AvgIpc) is 3.71. The van der Waals surface area contributed by atoms with Gasteiger partial charge >= 0.3 is 0 Å². The lowest BCUT2D eigenvalue weighted by Crippen LogP contribution is -2.01. The fraction of sp³-hybridized carbons (Fsp3) is 0. The molecular formula is C43H26N4O. The quantitative estimate of drug-likeness (QED) is 0.198. The van der Waals surface area contributed by atoms with Gasteiger partial charge in [-0.25, -0.2) is 15.0 Å². The molecule has 0 aliphatic carbocycles. The van der Waals surface area contributed by atoms with Crippen LogP contribution in [0.25, 0.3) is 94.4 Å². The summed E-state index contributed by atoms with van der Waals surface area (Å²) in [5, 5.41) is 6.78. The van der Waals surface area contributed by atoms with Crippen molar-refractivity contribution in [3.63, 3.8) is 0 Å². The monoisotopic (exact) mass is 614 g/mol. The van der Waals surface area contributed by atoms with Gasteiger partial charge < -0.3 is 8.98 Å². The number of aromatic nitrogens is 4. The molecule has 0 spiro atoms. The zero-order valence-electron chi connectivity index (χ0n) is 25.7. The molecule has 10 rings (SSSR count). The van der Waals surface area contributed by atoms with E-state index in [1.807, 2.05) is 42.5 Å². The number of para-hydroxylation sites is 3. The fourth-order valence-corrected chi connectivity index (χ4v) is 7.03. The lowest BCUT2D eigenvalue weighted by Gasteiger charge is -2.13. The van der Waals surface area contributed by atoms with Gasteiger partial charge in [0.1, 0.15) is 11.2 Å². The Bertz CT molecular complexity index is 2800. The first-order valence-corrected chi connectivity index (χ1v) is 16.0. The highest BCUT2D eigenvalue weighted by Gasteiger charge is 2.22. The van der Waals surface area contributed by atoms with E-state index in [9.17, 15) is 0 Å². The van der Waals surface area contributed by atoms with Crippen molar-refractivity contribution in [2.75, 3.05) is 0 Å². The van der Waals surface area contributed by atoms with Gasteiger partial charge in [0.2, 0.25) is 0 Å². The van der Waals surface area contributed by atoms with Crippen molar-refractivity contribution in [3.8, 4) is 39.9 Å². The SMILES string of the molecule is c1ccc(-c2nc(-c3ccc4ccccc4c3)nc(-c3ccc(-n4c5ccccc5c5ccccc54)c4c3oc3ccccc34)n2)cc1. The molecule has 224 valence electrons. The van der Waals surface area contributed by atoms with Crippen LogP contribution in [-0.2, 0) is 0 Å². The van der Waals surface area contributed by atoms with Crippen LogP contribution in [-0.4, -0.2) is 19.5 Å². The van der Waals surface area contributed by atoms with Gasteiger partial charge in [-0.1, -0.05) is 121 Å². The van der Waals surface area contributed by atoms with E-state index in [2.05, 4.69) is 120 Å². The van der Waals surface area contributed by atoms with E-state index >= 15 is 0 Å². The van der Waals surface area contributed by atoms with Crippen molar-refractivity contribution in [2.24, 2.45) is 0 Å². The summed E-state index contributed by atoms with van der Waals surface area (Å²) in [6, 6.07) is 54.4. The molecule has 10 aromatic rings. The van der Waals surface area contributed by atoms with E-state index in [0.29, 0.717) is 17.5 Å². The lowest BCUT2D eigenvalue weighted by atomic mass is 10.0. The van der Waals surface area contributed by atoms with Crippen LogP contribution in [0.3, 0.4) is 0 Å². The second kappa shape index (κ2) is 10.5. The van der Waals surface area contributed by atoms with E-state index in [-0.39, 0.29) is 0 Å². The van der Waals surface area contributed by atoms with Gasteiger partial charge in [-0.3, -0.25) is 0 Å². The molecule has 48 heavy (non-hydrogen) atoms. The summed E-state index contributed by atoms with van der Waals surface area (Å²) in [6.45, 7) is 0. The minimum Gasteiger partial charge on any atom is -0.455 e. The summed E-state index contributed by atoms with van der Waals surface area (Å²) in [6.07, 6.45) is 0. The predicted octanol–water partition coefficient (Wildman–Crippen LogP) is 11.0. The van der Waals surface area contributed by atoms with Gasteiger partial charge in [-0.05, 0) is 47.2 Å². The number of fused-ring (bicyclic) bond motifs is 7. The molecule has 0 radical (unpaired) electrons. The molecule has 0 unspecified atom stereocenters. The van der Waals surface area contributed by atoms with Crippen LogP contribution in [0.2, 0.25) is 0 Å². The van der Waals surface area contributed by atoms with Crippen LogP contribution >= 0.6 is 0 Å². The summed E-state index contributed by atoms with van der Waals surface area (Å²) < 4.78 is 9.09. The maximum Gasteiger partial charge on any atom is 0.167 e. The highest BCUT2D eigenvalue weighted by atomic mass is 16.3. The first-order valence-electron chi connectivity index (χ1n) is 16.0. The maximum absolute atomic E-state index is 6.74. The lowest BCUT2D eigenvalue weighted by molar-refractivity contribution is 0.669. The number of hydrogen-bond acceptors (Lipinski definition) is 4. The van der Waals surface area contributed by atoms with Gasteiger partial charge in [-0.15, -0.1) is 0 Å². The van der Waals surface area contributed by atoms with Crippen molar-refractivity contribution in [2.45, 2.75) is 0 Å². The van der Waals surface area contributed by atoms with Crippen LogP contribution < -0.4 is 0 Å². The number of furan rings is 1. The Kier molecular flexibility index (Phi) is 5.81. The third-order valence-corrected chi connectivity index (χ3v) is 9.24. The second-order valence-electron chi connectivity index (χ2n) is 12.0. The second-order valence-corrected chi connectivity index (χ2v) is 12.0. The van der Waals surface area contributed by atoms with Crippen LogP contribution in [0, 0.1) is 0 Å². The Morgan fingerprint density at radius 3 is 1.81 bits per heavy atom. The maximum atomic E-state index is 6.74. The smallest absolute Gasteiger partial charge is 0.167 e. The third-order valence-electron chi connectivity index (χ3n) is 9.24. The van der Waals surface area contributed by atoms with E-state index < -0.39 is 0 Å². The summed E-state index contributed by atoms with van der Waals surface area (Å²) in [5.41, 5.74) is 7.55. The number of rotatable bonds is 4. The first-order chi connectivity index (χ1) is 23.8. The highest BCUT2D eigenvalue weighted by Crippen LogP contribution is 2.42. The number of hydrogen-bond donors (Lipinski definition) is 0. The Balaban J connectivity index is 1.27. The van der Waals surface area contributed by atoms with Gasteiger partial charge in [0.15, 0.2) is 17.5 Å². The Morgan fingerprint density at radius 1 is 0.438 bits per heavy atom. The predicted molar refractivity (Wildman–Crippen MR) is 195 cm³/mol. The molecule has 3 aromatic heterocycles. The minimum atomic E-state index is 0.560. The molecule has 7 aromatic carbocycles. The minimum absolute atomic E-state index is 0.560. The Hall–Kier alpha value is -6.59. The molecule has 0 aliphatic rings. The van der Waals surface area contributed by atoms with E-state index in [1.54, 1.807) is 0 Å². The molecule has 0 amide bonds. The summed E-state index contributed by atoms with van der Waals surface area (Å²) in [5.74, 6) is 1.78. The largest absolute Gasteiger partial charge is 0.455 e. The summed E-state index contributed by atoms with van der Waals surface area (Å²) >= 11 is 0. The van der Waals surface area contributed by atoms with Crippen molar-refractivity contribution < 1.29 is 4.42 Å². The summed E-state index contributed by atoms with van der Waals surface area (Å²) in [4.78, 5) is 15.2. The van der Waals surface area contributed by atoms with Crippen LogP contribution in [0.15, 0.2) is 162 Å². The molecule has 0 saturated carbocycles. The van der Waals surface area contributed by atoms with Crippen LogP contribution in [0.1, 0.15) is 0 Å². The Labute approximate surface area is 275 Å². The van der Waals surface area contributed by atoms with Crippen molar-refractivity contribution in [1.29, 1.82) is 0 Å². The molecule has 0 fully saturated rings. The topological polar surface area (TPSA) is 56.7 Å². The van der Waals surface area contributed by atoms with Crippen LogP contribution in [0.4, 0.5) is 0 Å². The van der Waals surface area contributed by atoms with E-state index in [4.69, 9.17) is 19.4 Å². The molecule has 0 atom stereocenters. The molecule has 5 nitrogen and oxygen atoms in total. The van der Waals surface area contributed by atoms with Gasteiger partial charge in [0, 0.05) is 27.3 Å². The molecule has 0 bridgehead atoms. The highest BCUT2D eigenvalue weighted by molar-refractivity contribution is 6.16. The van der Waals surface area contributed by atoms with E-state index in [1.165, 1.54) is 16.2 Å². The zero-order valence-corrected chi connectivity index (χ0v) is 25.7. The number of benzene rings is 7. The van der Waals surface area contributed by atoms with Crippen LogP contribution in [0.5, 0.6) is 0 Å². The average molecular weight is 615 g/mol. The van der Waals surface area contributed by atoms with Crippen molar-refractivity contribution in [3.05, 3.63) is 158 Å². The molecular weight excluding hydrogens is 589 g/mol. The Morgan fingerprint density at radius 2 is 1.04 bits per heavy atom. The molecule has 5 heteroatoms.